The molecule has 0 spiro atoms. The van der Waals surface area contributed by atoms with E-state index in [0.29, 0.717) is 6.79 Å². The van der Waals surface area contributed by atoms with E-state index in [-0.39, 0.29) is 0 Å². The largest absolute Gasteiger partial charge is 0.454 e. The molecule has 84 valence electrons. The third-order valence-electron chi connectivity index (χ3n) is 2.97. The molecule has 0 saturated carbocycles. The van der Waals surface area contributed by atoms with Crippen LogP contribution in [0.5, 0.6) is 11.5 Å². The number of nitrogens with one attached hydrogen (secondary N) is 2. The Labute approximate surface area is 93.6 Å². The summed E-state index contributed by atoms with van der Waals surface area (Å²) in [4.78, 5) is 3.37. The molecule has 0 aliphatic carbocycles. The Morgan fingerprint density at radius 2 is 2.06 bits per heavy atom. The van der Waals surface area contributed by atoms with Gasteiger partial charge in [0.1, 0.15) is 0 Å². The van der Waals surface area contributed by atoms with Gasteiger partial charge in [-0.3, -0.25) is 0 Å². The number of aromatic nitrogens is 1. The van der Waals surface area contributed by atoms with E-state index in [4.69, 9.17) is 9.47 Å². The molecule has 0 atom stereocenters. The van der Waals surface area contributed by atoms with Gasteiger partial charge >= 0.3 is 0 Å². The molecule has 1 aliphatic heterocycles. The van der Waals surface area contributed by atoms with Crippen molar-refractivity contribution in [2.45, 2.75) is 13.5 Å². The number of aromatic amines is 1. The lowest BCUT2D eigenvalue weighted by Gasteiger charge is -2.00. The number of H-pyrrole nitrogens is 1. The second kappa shape index (κ2) is 3.42. The van der Waals surface area contributed by atoms with Crippen LogP contribution in [0.15, 0.2) is 12.1 Å². The Morgan fingerprint density at radius 3 is 2.81 bits per heavy atom. The zero-order valence-corrected chi connectivity index (χ0v) is 9.39. The van der Waals surface area contributed by atoms with Gasteiger partial charge in [0.15, 0.2) is 11.5 Å². The summed E-state index contributed by atoms with van der Waals surface area (Å²) in [5, 5.41) is 4.38. The number of hydrogen-bond acceptors (Lipinski definition) is 3. The van der Waals surface area contributed by atoms with Crippen molar-refractivity contribution < 1.29 is 9.47 Å². The van der Waals surface area contributed by atoms with Crippen molar-refractivity contribution in [3.63, 3.8) is 0 Å². The summed E-state index contributed by atoms with van der Waals surface area (Å²) in [7, 11) is 1.95. The predicted octanol–water partition coefficient (Wildman–Crippen LogP) is 1.92. The van der Waals surface area contributed by atoms with Crippen LogP contribution in [0.3, 0.4) is 0 Å². The molecule has 4 heteroatoms. The molecule has 16 heavy (non-hydrogen) atoms. The van der Waals surface area contributed by atoms with Gasteiger partial charge in [0.25, 0.3) is 0 Å². The minimum absolute atomic E-state index is 0.322. The summed E-state index contributed by atoms with van der Waals surface area (Å²) in [6.07, 6.45) is 0. The van der Waals surface area contributed by atoms with Crippen LogP contribution in [0.25, 0.3) is 10.9 Å². The van der Waals surface area contributed by atoms with E-state index < -0.39 is 0 Å². The van der Waals surface area contributed by atoms with E-state index in [9.17, 15) is 0 Å². The molecule has 1 aromatic carbocycles. The van der Waals surface area contributed by atoms with Gasteiger partial charge in [-0.05, 0) is 25.6 Å². The van der Waals surface area contributed by atoms with Crippen LogP contribution >= 0.6 is 0 Å². The van der Waals surface area contributed by atoms with Crippen LogP contribution in [-0.2, 0) is 6.54 Å². The normalized spacial score (nSPS) is 13.6. The Balaban J connectivity index is 2.23. The lowest BCUT2D eigenvalue weighted by Crippen LogP contribution is -2.05. The molecule has 4 nitrogen and oxygen atoms in total. The van der Waals surface area contributed by atoms with E-state index in [0.717, 1.165) is 23.6 Å². The Morgan fingerprint density at radius 1 is 1.31 bits per heavy atom. The summed E-state index contributed by atoms with van der Waals surface area (Å²) in [6, 6.07) is 4.05. The zero-order valence-electron chi connectivity index (χ0n) is 9.39. The summed E-state index contributed by atoms with van der Waals surface area (Å²) < 4.78 is 10.8. The second-order valence-electron chi connectivity index (χ2n) is 4.01. The average Bonchev–Trinajstić information content (AvgIpc) is 2.81. The number of benzene rings is 1. The Hall–Kier alpha value is -1.68. The number of hydrogen-bond donors (Lipinski definition) is 2. The van der Waals surface area contributed by atoms with E-state index in [1.807, 2.05) is 19.2 Å². The highest BCUT2D eigenvalue weighted by Crippen LogP contribution is 2.37. The first-order valence-electron chi connectivity index (χ1n) is 5.35. The highest BCUT2D eigenvalue weighted by Gasteiger charge is 2.17. The van der Waals surface area contributed by atoms with Gasteiger partial charge in [-0.15, -0.1) is 0 Å². The van der Waals surface area contributed by atoms with Gasteiger partial charge in [0.2, 0.25) is 6.79 Å². The van der Waals surface area contributed by atoms with Crippen LogP contribution in [0.4, 0.5) is 0 Å². The van der Waals surface area contributed by atoms with Crippen molar-refractivity contribution in [1.29, 1.82) is 0 Å². The van der Waals surface area contributed by atoms with Crippen LogP contribution in [0, 0.1) is 6.92 Å². The number of ether oxygens (including phenoxy) is 2. The fourth-order valence-electron chi connectivity index (χ4n) is 2.18. The molecule has 2 heterocycles. The van der Waals surface area contributed by atoms with E-state index in [1.165, 1.54) is 16.6 Å². The van der Waals surface area contributed by atoms with Gasteiger partial charge in [-0.2, -0.15) is 0 Å². The lowest BCUT2D eigenvalue weighted by atomic mass is 10.1. The Bertz CT molecular complexity index is 545. The predicted molar refractivity (Wildman–Crippen MR) is 61.9 cm³/mol. The maximum absolute atomic E-state index is 5.39. The average molecular weight is 218 g/mol. The van der Waals surface area contributed by atoms with Gasteiger partial charge in [-0.1, -0.05) is 0 Å². The van der Waals surface area contributed by atoms with Crippen LogP contribution in [0.2, 0.25) is 0 Å². The first kappa shape index (κ1) is 9.54. The monoisotopic (exact) mass is 218 g/mol. The lowest BCUT2D eigenvalue weighted by molar-refractivity contribution is 0.174. The van der Waals surface area contributed by atoms with Crippen molar-refractivity contribution in [2.24, 2.45) is 0 Å². The van der Waals surface area contributed by atoms with Gasteiger partial charge < -0.3 is 19.8 Å². The van der Waals surface area contributed by atoms with Gasteiger partial charge in [-0.25, -0.2) is 0 Å². The molecule has 0 bridgehead atoms. The first-order chi connectivity index (χ1) is 7.79. The molecule has 0 saturated heterocycles. The summed E-state index contributed by atoms with van der Waals surface area (Å²) in [6.45, 7) is 3.26. The highest BCUT2D eigenvalue weighted by atomic mass is 16.7. The molecule has 0 unspecified atom stereocenters. The van der Waals surface area contributed by atoms with Gasteiger partial charge in [0, 0.05) is 29.2 Å². The van der Waals surface area contributed by atoms with Crippen LogP contribution in [0.1, 0.15) is 11.3 Å². The summed E-state index contributed by atoms with van der Waals surface area (Å²) in [5.41, 5.74) is 3.58. The molecular weight excluding hydrogens is 204 g/mol. The van der Waals surface area contributed by atoms with Crippen LogP contribution in [-0.4, -0.2) is 18.8 Å². The van der Waals surface area contributed by atoms with E-state index in [1.54, 1.807) is 0 Å². The fraction of sp³-hybridized carbons (Fsp3) is 0.333. The molecule has 0 amide bonds. The van der Waals surface area contributed by atoms with Crippen LogP contribution < -0.4 is 14.8 Å². The smallest absolute Gasteiger partial charge is 0.231 e. The van der Waals surface area contributed by atoms with Crippen molar-refractivity contribution in [2.75, 3.05) is 13.8 Å². The van der Waals surface area contributed by atoms with Crippen molar-refractivity contribution in [1.82, 2.24) is 10.3 Å². The summed E-state index contributed by atoms with van der Waals surface area (Å²) in [5.74, 6) is 1.66. The topological polar surface area (TPSA) is 46.3 Å². The molecule has 3 rings (SSSR count). The maximum Gasteiger partial charge on any atom is 0.231 e. The van der Waals surface area contributed by atoms with Crippen molar-refractivity contribution >= 4 is 10.9 Å². The molecule has 2 aromatic rings. The second-order valence-corrected chi connectivity index (χ2v) is 4.01. The minimum atomic E-state index is 0.322. The number of rotatable bonds is 2. The van der Waals surface area contributed by atoms with Crippen molar-refractivity contribution in [3.8, 4) is 11.5 Å². The highest BCUT2D eigenvalue weighted by molar-refractivity contribution is 5.88. The fourth-order valence-corrected chi connectivity index (χ4v) is 2.18. The molecule has 0 fully saturated rings. The SMILES string of the molecule is CNCc1c(C)[nH]c2cc3c(cc12)OCO3. The van der Waals surface area contributed by atoms with Gasteiger partial charge in [0.05, 0.1) is 0 Å². The summed E-state index contributed by atoms with van der Waals surface area (Å²) >= 11 is 0. The molecular formula is C12H14N2O2. The molecule has 1 aliphatic rings. The van der Waals surface area contributed by atoms with E-state index in [2.05, 4.69) is 17.2 Å². The molecule has 2 N–H and O–H groups in total. The molecule has 1 aromatic heterocycles. The zero-order chi connectivity index (χ0) is 11.1. The maximum atomic E-state index is 5.39. The van der Waals surface area contributed by atoms with Crippen molar-refractivity contribution in [3.05, 3.63) is 23.4 Å². The first-order valence-corrected chi connectivity index (χ1v) is 5.35. The number of fused-ring (bicyclic) bond motifs is 2. The molecule has 0 radical (unpaired) electrons. The third-order valence-corrected chi connectivity index (χ3v) is 2.97. The number of aryl methyl sites for hydroxylation is 1. The standard InChI is InChI=1S/C12H14N2O2/c1-7-9(5-13-2)8-3-11-12(16-6-15-11)4-10(8)14-7/h3-4,13-14H,5-6H2,1-2H3. The third kappa shape index (κ3) is 1.27. The minimum Gasteiger partial charge on any atom is -0.454 e. The van der Waals surface area contributed by atoms with E-state index >= 15 is 0 Å². The Kier molecular flexibility index (Phi) is 2.04. The quantitative estimate of drug-likeness (QED) is 0.809.